The smallest absolute Gasteiger partial charge is 0.264 e. The van der Waals surface area contributed by atoms with Gasteiger partial charge < -0.3 is 10.2 Å². The molecule has 5 rings (SSSR count). The van der Waals surface area contributed by atoms with Gasteiger partial charge in [0.25, 0.3) is 10.0 Å². The number of sulfonamides is 1. The van der Waals surface area contributed by atoms with Gasteiger partial charge in [-0.25, -0.2) is 8.42 Å². The zero-order chi connectivity index (χ0) is 32.5. The minimum atomic E-state index is -4.14. The molecule has 1 fully saturated rings. The van der Waals surface area contributed by atoms with Crippen molar-refractivity contribution in [3.05, 3.63) is 131 Å². The normalized spacial score (nSPS) is 14.3. The van der Waals surface area contributed by atoms with Crippen molar-refractivity contribution >= 4 is 39.1 Å². The van der Waals surface area contributed by atoms with Crippen LogP contribution in [0.4, 0.5) is 5.69 Å². The lowest BCUT2D eigenvalue weighted by Crippen LogP contribution is -2.55. The molecule has 1 aliphatic carbocycles. The quantitative estimate of drug-likeness (QED) is 0.179. The molecule has 0 spiro atoms. The predicted octanol–water partition coefficient (Wildman–Crippen LogP) is 6.93. The van der Waals surface area contributed by atoms with Crippen LogP contribution in [-0.2, 0) is 32.6 Å². The van der Waals surface area contributed by atoms with Gasteiger partial charge in [-0.1, -0.05) is 110 Å². The van der Waals surface area contributed by atoms with Crippen LogP contribution < -0.4 is 9.62 Å². The molecule has 0 aromatic heterocycles. The lowest BCUT2D eigenvalue weighted by atomic mass is 9.94. The first-order valence-electron chi connectivity index (χ1n) is 15.7. The highest BCUT2D eigenvalue weighted by molar-refractivity contribution is 7.92. The van der Waals surface area contributed by atoms with Crippen molar-refractivity contribution in [2.75, 3.05) is 10.8 Å². The molecule has 240 valence electrons. The summed E-state index contributed by atoms with van der Waals surface area (Å²) in [6.07, 6.45) is 5.30. The molecule has 1 aliphatic rings. The second-order valence-electron chi connectivity index (χ2n) is 11.8. The van der Waals surface area contributed by atoms with E-state index in [1.807, 2.05) is 61.5 Å². The van der Waals surface area contributed by atoms with Crippen LogP contribution in [0.15, 0.2) is 114 Å². The highest BCUT2D eigenvalue weighted by Crippen LogP contribution is 2.28. The number of rotatable bonds is 12. The van der Waals surface area contributed by atoms with Crippen molar-refractivity contribution in [3.8, 4) is 0 Å². The molecule has 0 radical (unpaired) electrons. The van der Waals surface area contributed by atoms with Crippen molar-refractivity contribution in [3.63, 3.8) is 0 Å². The van der Waals surface area contributed by atoms with Gasteiger partial charge in [-0.3, -0.25) is 13.9 Å². The molecule has 0 bridgehead atoms. The summed E-state index contributed by atoms with van der Waals surface area (Å²) in [6, 6.07) is 31.1. The molecule has 2 amide bonds. The molecule has 0 saturated heterocycles. The Balaban J connectivity index is 1.56. The number of carbonyl (C=O) groups excluding carboxylic acids is 2. The van der Waals surface area contributed by atoms with Crippen LogP contribution in [-0.4, -0.2) is 43.8 Å². The maximum Gasteiger partial charge on any atom is 0.264 e. The van der Waals surface area contributed by atoms with E-state index >= 15 is 0 Å². The Labute approximate surface area is 277 Å². The Morgan fingerprint density at radius 1 is 0.804 bits per heavy atom. The highest BCUT2D eigenvalue weighted by atomic mass is 35.5. The van der Waals surface area contributed by atoms with E-state index in [9.17, 15) is 18.0 Å². The summed E-state index contributed by atoms with van der Waals surface area (Å²) in [6.45, 7) is 1.42. The maximum absolute atomic E-state index is 14.6. The minimum absolute atomic E-state index is 0.0360. The fourth-order valence-electron chi connectivity index (χ4n) is 5.96. The summed E-state index contributed by atoms with van der Waals surface area (Å²) in [5.41, 5.74) is 2.77. The van der Waals surface area contributed by atoms with E-state index in [4.69, 9.17) is 11.6 Å². The molecule has 4 aromatic rings. The zero-order valence-electron chi connectivity index (χ0n) is 26.0. The van der Waals surface area contributed by atoms with Crippen LogP contribution in [0, 0.1) is 6.92 Å². The van der Waals surface area contributed by atoms with Gasteiger partial charge in [-0.2, -0.15) is 0 Å². The second-order valence-corrected chi connectivity index (χ2v) is 14.1. The molecule has 9 heteroatoms. The number of amides is 2. The van der Waals surface area contributed by atoms with Crippen LogP contribution in [0.5, 0.6) is 0 Å². The fraction of sp³-hybridized carbons (Fsp3) is 0.297. The highest BCUT2D eigenvalue weighted by Gasteiger charge is 2.35. The molecule has 0 aliphatic heterocycles. The standard InChI is InChI=1S/C37H40ClN3O4S/c1-28-13-11-12-20-34(28)41(46(44,45)33-18-9-4-10-19-33)27-36(42)40(26-30-21-23-31(38)24-22-30)35(25-29-14-5-2-6-15-29)37(43)39-32-16-7-3-8-17-32/h2,4-6,9-15,18-24,32,35H,3,7-8,16-17,25-27H2,1H3,(H,39,43)/t35-/m1/s1. The van der Waals surface area contributed by atoms with Gasteiger partial charge in [0.2, 0.25) is 11.8 Å². The number of hydrogen-bond donors (Lipinski definition) is 1. The van der Waals surface area contributed by atoms with E-state index < -0.39 is 28.5 Å². The van der Waals surface area contributed by atoms with E-state index in [0.717, 1.165) is 47.5 Å². The number of halogens is 1. The number of aryl methyl sites for hydroxylation is 1. The molecule has 4 aromatic carbocycles. The Hall–Kier alpha value is -4.14. The monoisotopic (exact) mass is 657 g/mol. The van der Waals surface area contributed by atoms with Crippen molar-refractivity contribution in [1.82, 2.24) is 10.2 Å². The van der Waals surface area contributed by atoms with Gasteiger partial charge in [0, 0.05) is 24.0 Å². The van der Waals surface area contributed by atoms with Gasteiger partial charge in [0.15, 0.2) is 0 Å². The van der Waals surface area contributed by atoms with Gasteiger partial charge >= 0.3 is 0 Å². The van der Waals surface area contributed by atoms with E-state index in [0.29, 0.717) is 16.3 Å². The van der Waals surface area contributed by atoms with Gasteiger partial charge in [0.05, 0.1) is 10.6 Å². The largest absolute Gasteiger partial charge is 0.352 e. The van der Waals surface area contributed by atoms with Crippen LogP contribution in [0.25, 0.3) is 0 Å². The SMILES string of the molecule is Cc1ccccc1N(CC(=O)N(Cc1ccc(Cl)cc1)[C@H](Cc1ccccc1)C(=O)NC1CCCCC1)S(=O)(=O)c1ccccc1. The summed E-state index contributed by atoms with van der Waals surface area (Å²) in [5, 5.41) is 3.79. The van der Waals surface area contributed by atoms with Crippen molar-refractivity contribution < 1.29 is 18.0 Å². The first-order valence-corrected chi connectivity index (χ1v) is 17.6. The minimum Gasteiger partial charge on any atom is -0.352 e. The van der Waals surface area contributed by atoms with E-state index in [-0.39, 0.29) is 29.8 Å². The molecule has 7 nitrogen and oxygen atoms in total. The fourth-order valence-corrected chi connectivity index (χ4v) is 7.59. The Morgan fingerprint density at radius 2 is 1.41 bits per heavy atom. The van der Waals surface area contributed by atoms with Crippen LogP contribution in [0.1, 0.15) is 48.8 Å². The molecule has 0 heterocycles. The lowest BCUT2D eigenvalue weighted by Gasteiger charge is -2.35. The predicted molar refractivity (Wildman–Crippen MR) is 183 cm³/mol. The van der Waals surface area contributed by atoms with Crippen molar-refractivity contribution in [2.45, 2.75) is 69.0 Å². The van der Waals surface area contributed by atoms with Crippen LogP contribution in [0.3, 0.4) is 0 Å². The van der Waals surface area contributed by atoms with E-state index in [1.54, 1.807) is 42.5 Å². The summed E-state index contributed by atoms with van der Waals surface area (Å²) in [4.78, 5) is 30.4. The number of nitrogens with one attached hydrogen (secondary N) is 1. The Morgan fingerprint density at radius 3 is 2.07 bits per heavy atom. The molecule has 1 saturated carbocycles. The third-order valence-electron chi connectivity index (χ3n) is 8.48. The molecule has 1 atom stereocenters. The Kier molecular flexibility index (Phi) is 11.1. The first kappa shape index (κ1) is 33.2. The number of hydrogen-bond acceptors (Lipinski definition) is 4. The van der Waals surface area contributed by atoms with Crippen LogP contribution in [0.2, 0.25) is 5.02 Å². The van der Waals surface area contributed by atoms with E-state index in [1.165, 1.54) is 17.0 Å². The average molecular weight is 658 g/mol. The molecular weight excluding hydrogens is 618 g/mol. The van der Waals surface area contributed by atoms with Crippen molar-refractivity contribution in [1.29, 1.82) is 0 Å². The maximum atomic E-state index is 14.6. The molecule has 46 heavy (non-hydrogen) atoms. The number of para-hydroxylation sites is 1. The zero-order valence-corrected chi connectivity index (χ0v) is 27.6. The average Bonchev–Trinajstić information content (AvgIpc) is 3.07. The van der Waals surface area contributed by atoms with Gasteiger partial charge in [-0.15, -0.1) is 0 Å². The second kappa shape index (κ2) is 15.4. The summed E-state index contributed by atoms with van der Waals surface area (Å²) < 4.78 is 29.5. The number of anilines is 1. The first-order chi connectivity index (χ1) is 22.2. The number of benzene rings is 4. The molecule has 1 N–H and O–H groups in total. The number of nitrogens with zero attached hydrogens (tertiary/aromatic N) is 2. The topological polar surface area (TPSA) is 86.8 Å². The van der Waals surface area contributed by atoms with Gasteiger partial charge in [-0.05, 0) is 66.8 Å². The summed E-state index contributed by atoms with van der Waals surface area (Å²) in [7, 11) is -4.14. The summed E-state index contributed by atoms with van der Waals surface area (Å²) >= 11 is 6.18. The Bertz CT molecular complexity index is 1710. The molecular formula is C37H40ClN3O4S. The van der Waals surface area contributed by atoms with Gasteiger partial charge in [0.1, 0.15) is 12.6 Å². The molecule has 0 unspecified atom stereocenters. The van der Waals surface area contributed by atoms with E-state index in [2.05, 4.69) is 5.32 Å². The summed E-state index contributed by atoms with van der Waals surface area (Å²) in [5.74, 6) is -0.733. The van der Waals surface area contributed by atoms with Crippen molar-refractivity contribution in [2.24, 2.45) is 0 Å². The van der Waals surface area contributed by atoms with Crippen LogP contribution >= 0.6 is 11.6 Å². The third-order valence-corrected chi connectivity index (χ3v) is 10.5. The number of carbonyl (C=O) groups is 2. The lowest BCUT2D eigenvalue weighted by molar-refractivity contribution is -0.140. The third kappa shape index (κ3) is 8.36.